The summed E-state index contributed by atoms with van der Waals surface area (Å²) in [6.45, 7) is 7.45. The van der Waals surface area contributed by atoms with E-state index in [0.29, 0.717) is 0 Å². The molecule has 5 heteroatoms. The second kappa shape index (κ2) is 8.31. The molecule has 0 aromatic heterocycles. The maximum absolute atomic E-state index is 12.8. The van der Waals surface area contributed by atoms with Gasteiger partial charge < -0.3 is 5.32 Å². The smallest absolute Gasteiger partial charge is 0.255 e. The summed E-state index contributed by atoms with van der Waals surface area (Å²) < 4.78 is 1.12. The number of thioether (sulfide) groups is 2. The van der Waals surface area contributed by atoms with Crippen molar-refractivity contribution in [1.29, 1.82) is 0 Å². The minimum Gasteiger partial charge on any atom is -0.322 e. The topological polar surface area (TPSA) is 41.5 Å². The lowest BCUT2D eigenvalue weighted by Gasteiger charge is -2.19. The molecule has 1 aliphatic heterocycles. The van der Waals surface area contributed by atoms with Crippen LogP contribution in [0.4, 0.5) is 5.69 Å². The number of nitrogens with zero attached hydrogens (tertiary/aromatic N) is 1. The van der Waals surface area contributed by atoms with E-state index in [1.807, 2.05) is 36.4 Å². The molecular formula is C21H24N2OS2. The van der Waals surface area contributed by atoms with E-state index in [1.165, 1.54) is 5.56 Å². The summed E-state index contributed by atoms with van der Waals surface area (Å²) in [6, 6.07) is 15.9. The second-order valence-electron chi connectivity index (χ2n) is 7.22. The van der Waals surface area contributed by atoms with Gasteiger partial charge in [-0.3, -0.25) is 9.79 Å². The van der Waals surface area contributed by atoms with Crippen molar-refractivity contribution in [1.82, 2.24) is 0 Å². The maximum atomic E-state index is 12.8. The molecule has 136 valence electrons. The highest BCUT2D eigenvalue weighted by Gasteiger charge is 2.15. The minimum absolute atomic E-state index is 0.0641. The number of carbonyl (C=O) groups excluding carboxylic acids is 1. The fourth-order valence-electron chi connectivity index (χ4n) is 2.66. The predicted molar refractivity (Wildman–Crippen MR) is 116 cm³/mol. The number of amides is 1. The molecule has 3 nitrogen and oxygen atoms in total. The highest BCUT2D eigenvalue weighted by atomic mass is 32.2. The van der Waals surface area contributed by atoms with Gasteiger partial charge in [-0.2, -0.15) is 0 Å². The molecule has 0 aliphatic carbocycles. The number of nitrogens with one attached hydrogen (secondary N) is 1. The van der Waals surface area contributed by atoms with Gasteiger partial charge in [0.15, 0.2) is 0 Å². The van der Waals surface area contributed by atoms with Crippen molar-refractivity contribution in [3.8, 4) is 0 Å². The molecule has 0 saturated carbocycles. The van der Waals surface area contributed by atoms with Crippen molar-refractivity contribution in [2.75, 3.05) is 17.6 Å². The normalized spacial score (nSPS) is 14.2. The summed E-state index contributed by atoms with van der Waals surface area (Å²) in [4.78, 5) is 17.2. The van der Waals surface area contributed by atoms with E-state index in [1.54, 1.807) is 23.5 Å². The Balaban J connectivity index is 1.69. The van der Waals surface area contributed by atoms with Crippen LogP contribution in [0.5, 0.6) is 0 Å². The Hall–Kier alpha value is -1.72. The monoisotopic (exact) mass is 384 g/mol. The van der Waals surface area contributed by atoms with E-state index in [-0.39, 0.29) is 11.3 Å². The Morgan fingerprint density at radius 1 is 1.15 bits per heavy atom. The summed E-state index contributed by atoms with van der Waals surface area (Å²) in [6.07, 6.45) is 0. The first-order valence-electron chi connectivity index (χ1n) is 8.73. The standard InChI is InChI=1S/C21H24N2OS2/c1-21(2,3)16-8-10-17(11-9-16)23-19(24)18-7-5-4-6-15(18)14-26-20-22-12-13-25-20/h4-11H,12-14H2,1-3H3,(H,23,24). The Morgan fingerprint density at radius 2 is 1.88 bits per heavy atom. The molecule has 1 N–H and O–H groups in total. The van der Waals surface area contributed by atoms with Crippen molar-refractivity contribution in [3.63, 3.8) is 0 Å². The molecule has 2 aromatic rings. The van der Waals surface area contributed by atoms with E-state index in [2.05, 4.69) is 43.2 Å². The number of carbonyl (C=O) groups is 1. The van der Waals surface area contributed by atoms with Crippen molar-refractivity contribution in [3.05, 3.63) is 65.2 Å². The van der Waals surface area contributed by atoms with Gasteiger partial charge in [0.2, 0.25) is 0 Å². The van der Waals surface area contributed by atoms with Crippen LogP contribution in [0.15, 0.2) is 53.5 Å². The number of anilines is 1. The quantitative estimate of drug-likeness (QED) is 0.749. The molecule has 3 rings (SSSR count). The first-order valence-corrected chi connectivity index (χ1v) is 10.7. The van der Waals surface area contributed by atoms with Gasteiger partial charge in [-0.1, -0.05) is 74.6 Å². The molecule has 2 aromatic carbocycles. The van der Waals surface area contributed by atoms with E-state index in [0.717, 1.165) is 39.2 Å². The van der Waals surface area contributed by atoms with Crippen LogP contribution in [0.3, 0.4) is 0 Å². The third kappa shape index (κ3) is 4.92. The summed E-state index contributed by atoms with van der Waals surface area (Å²) >= 11 is 3.51. The number of hydrogen-bond acceptors (Lipinski definition) is 4. The molecule has 0 saturated heterocycles. The van der Waals surface area contributed by atoms with Gasteiger partial charge >= 0.3 is 0 Å². The van der Waals surface area contributed by atoms with Crippen molar-refractivity contribution in [2.45, 2.75) is 31.9 Å². The lowest BCUT2D eigenvalue weighted by atomic mass is 9.87. The van der Waals surface area contributed by atoms with E-state index in [9.17, 15) is 4.79 Å². The Morgan fingerprint density at radius 3 is 2.54 bits per heavy atom. The Kier molecular flexibility index (Phi) is 6.09. The van der Waals surface area contributed by atoms with Crippen molar-refractivity contribution >= 4 is 39.5 Å². The van der Waals surface area contributed by atoms with Gasteiger partial charge in [0.1, 0.15) is 4.38 Å². The summed E-state index contributed by atoms with van der Waals surface area (Å²) in [5.41, 5.74) is 3.94. The molecule has 0 fully saturated rings. The number of hydrogen-bond donors (Lipinski definition) is 1. The van der Waals surface area contributed by atoms with Gasteiger partial charge in [-0.05, 0) is 34.7 Å². The van der Waals surface area contributed by atoms with Gasteiger partial charge in [0, 0.05) is 22.8 Å². The van der Waals surface area contributed by atoms with Crippen LogP contribution in [0, 0.1) is 0 Å². The summed E-state index contributed by atoms with van der Waals surface area (Å²) in [7, 11) is 0. The first kappa shape index (κ1) is 19.1. The molecule has 1 amide bonds. The molecule has 1 heterocycles. The van der Waals surface area contributed by atoms with Crippen LogP contribution in [-0.2, 0) is 11.2 Å². The maximum Gasteiger partial charge on any atom is 0.255 e. The van der Waals surface area contributed by atoms with E-state index >= 15 is 0 Å². The number of benzene rings is 2. The summed E-state index contributed by atoms with van der Waals surface area (Å²) in [5, 5.41) is 3.02. The fraction of sp³-hybridized carbons (Fsp3) is 0.333. The van der Waals surface area contributed by atoms with Crippen LogP contribution in [0.1, 0.15) is 42.3 Å². The van der Waals surface area contributed by atoms with Crippen LogP contribution in [-0.4, -0.2) is 22.6 Å². The van der Waals surface area contributed by atoms with Gasteiger partial charge in [0.25, 0.3) is 5.91 Å². The molecule has 0 unspecified atom stereocenters. The zero-order valence-corrected chi connectivity index (χ0v) is 17.0. The third-order valence-electron chi connectivity index (χ3n) is 4.18. The van der Waals surface area contributed by atoms with Crippen LogP contribution < -0.4 is 5.32 Å². The van der Waals surface area contributed by atoms with Crippen molar-refractivity contribution < 1.29 is 4.79 Å². The number of rotatable bonds is 4. The lowest BCUT2D eigenvalue weighted by Crippen LogP contribution is -2.15. The molecule has 0 bridgehead atoms. The molecule has 0 radical (unpaired) electrons. The largest absolute Gasteiger partial charge is 0.322 e. The second-order valence-corrected chi connectivity index (χ2v) is 9.53. The fourth-order valence-corrected chi connectivity index (χ4v) is 4.68. The van der Waals surface area contributed by atoms with E-state index in [4.69, 9.17) is 0 Å². The Labute approximate surface area is 164 Å². The van der Waals surface area contributed by atoms with Crippen molar-refractivity contribution in [2.24, 2.45) is 4.99 Å². The minimum atomic E-state index is -0.0641. The van der Waals surface area contributed by atoms with Gasteiger partial charge in [-0.15, -0.1) is 0 Å². The van der Waals surface area contributed by atoms with Crippen LogP contribution in [0.25, 0.3) is 0 Å². The zero-order chi connectivity index (χ0) is 18.6. The zero-order valence-electron chi connectivity index (χ0n) is 15.4. The highest BCUT2D eigenvalue weighted by molar-refractivity contribution is 8.38. The van der Waals surface area contributed by atoms with Gasteiger partial charge in [-0.25, -0.2) is 0 Å². The van der Waals surface area contributed by atoms with Crippen LogP contribution in [0.2, 0.25) is 0 Å². The van der Waals surface area contributed by atoms with Gasteiger partial charge in [0.05, 0.1) is 6.54 Å². The molecule has 0 atom stereocenters. The average Bonchev–Trinajstić information content (AvgIpc) is 3.13. The molecule has 1 aliphatic rings. The lowest BCUT2D eigenvalue weighted by molar-refractivity contribution is 0.102. The first-order chi connectivity index (χ1) is 12.4. The van der Waals surface area contributed by atoms with Crippen LogP contribution >= 0.6 is 23.5 Å². The predicted octanol–water partition coefficient (Wildman–Crippen LogP) is 5.57. The van der Waals surface area contributed by atoms with E-state index < -0.39 is 0 Å². The number of aliphatic imine (C=N–C) groups is 1. The SMILES string of the molecule is CC(C)(C)c1ccc(NC(=O)c2ccccc2CSC2=NCCS2)cc1. The Bertz CT molecular complexity index is 808. The average molecular weight is 385 g/mol. The molecular weight excluding hydrogens is 360 g/mol. The highest BCUT2D eigenvalue weighted by Crippen LogP contribution is 2.27. The molecule has 26 heavy (non-hydrogen) atoms. The summed E-state index contributed by atoms with van der Waals surface area (Å²) in [5.74, 6) is 1.76. The third-order valence-corrected chi connectivity index (χ3v) is 6.48. The molecule has 0 spiro atoms.